The third-order valence-electron chi connectivity index (χ3n) is 3.70. The molecule has 3 rings (SSSR count). The summed E-state index contributed by atoms with van der Waals surface area (Å²) in [7, 11) is 1.57. The molecule has 1 heterocycles. The Morgan fingerprint density at radius 3 is 2.65 bits per heavy atom. The van der Waals surface area contributed by atoms with Gasteiger partial charge in [-0.1, -0.05) is 6.07 Å². The first kappa shape index (κ1) is 17.9. The monoisotopic (exact) mass is 371 g/mol. The first-order chi connectivity index (χ1) is 12.5. The van der Waals surface area contributed by atoms with Crippen LogP contribution in [0, 0.1) is 12.7 Å². The van der Waals surface area contributed by atoms with Crippen LogP contribution in [0.1, 0.15) is 20.8 Å². The van der Waals surface area contributed by atoms with Gasteiger partial charge in [0, 0.05) is 5.56 Å². The quantitative estimate of drug-likeness (QED) is 0.661. The zero-order valence-electron chi connectivity index (χ0n) is 14.4. The molecule has 1 amide bonds. The van der Waals surface area contributed by atoms with Gasteiger partial charge >= 0.3 is 0 Å². The summed E-state index contributed by atoms with van der Waals surface area (Å²) in [5, 5.41) is 4.74. The first-order valence-corrected chi connectivity index (χ1v) is 8.85. The fourth-order valence-corrected chi connectivity index (χ4v) is 3.16. The molecule has 134 valence electrons. The van der Waals surface area contributed by atoms with Crippen molar-refractivity contribution in [2.75, 3.05) is 12.4 Å². The SMILES string of the molecule is COc1ccc(C)cc1NC(=O)c1cc(COc2ccc(F)cc2)cs1. The lowest BCUT2D eigenvalue weighted by Crippen LogP contribution is -2.11. The molecule has 1 aromatic heterocycles. The number of hydrogen-bond donors (Lipinski definition) is 1. The van der Waals surface area contributed by atoms with E-state index in [9.17, 15) is 9.18 Å². The Hall–Kier alpha value is -2.86. The van der Waals surface area contributed by atoms with Gasteiger partial charge in [0.1, 0.15) is 23.9 Å². The van der Waals surface area contributed by atoms with Crippen molar-refractivity contribution in [2.24, 2.45) is 0 Å². The summed E-state index contributed by atoms with van der Waals surface area (Å²) in [5.41, 5.74) is 2.54. The van der Waals surface area contributed by atoms with E-state index in [1.165, 1.54) is 23.5 Å². The standard InChI is InChI=1S/C20H18FNO3S/c1-13-3-8-18(24-2)17(9-13)22-20(23)19-10-14(12-26-19)11-25-16-6-4-15(21)5-7-16/h3-10,12H,11H2,1-2H3,(H,22,23). The Labute approximate surface area is 155 Å². The Balaban J connectivity index is 1.64. The molecule has 26 heavy (non-hydrogen) atoms. The number of nitrogens with one attached hydrogen (secondary N) is 1. The van der Waals surface area contributed by atoms with Crippen molar-refractivity contribution >= 4 is 22.9 Å². The molecule has 4 nitrogen and oxygen atoms in total. The van der Waals surface area contributed by atoms with Gasteiger partial charge in [0.15, 0.2) is 0 Å². The number of carbonyl (C=O) groups excluding carboxylic acids is 1. The lowest BCUT2D eigenvalue weighted by atomic mass is 10.2. The van der Waals surface area contributed by atoms with Crippen molar-refractivity contribution in [1.29, 1.82) is 0 Å². The van der Waals surface area contributed by atoms with Crippen LogP contribution >= 0.6 is 11.3 Å². The summed E-state index contributed by atoms with van der Waals surface area (Å²) < 4.78 is 23.8. The number of benzene rings is 2. The largest absolute Gasteiger partial charge is 0.495 e. The second-order valence-electron chi connectivity index (χ2n) is 5.72. The highest BCUT2D eigenvalue weighted by atomic mass is 32.1. The van der Waals surface area contributed by atoms with Gasteiger partial charge in [-0.25, -0.2) is 4.39 Å². The van der Waals surface area contributed by atoms with Crippen LogP contribution in [0.25, 0.3) is 0 Å². The van der Waals surface area contributed by atoms with Gasteiger partial charge in [0.25, 0.3) is 5.91 Å². The van der Waals surface area contributed by atoms with Crippen LogP contribution in [-0.2, 0) is 6.61 Å². The molecule has 0 spiro atoms. The van der Waals surface area contributed by atoms with Gasteiger partial charge in [0.05, 0.1) is 17.7 Å². The van der Waals surface area contributed by atoms with E-state index in [0.29, 0.717) is 28.7 Å². The third kappa shape index (κ3) is 4.40. The van der Waals surface area contributed by atoms with Crippen molar-refractivity contribution in [3.63, 3.8) is 0 Å². The summed E-state index contributed by atoms with van der Waals surface area (Å²) in [6.07, 6.45) is 0. The van der Waals surface area contributed by atoms with E-state index in [4.69, 9.17) is 9.47 Å². The van der Waals surface area contributed by atoms with Crippen LogP contribution in [0.2, 0.25) is 0 Å². The van der Waals surface area contributed by atoms with E-state index in [2.05, 4.69) is 5.32 Å². The minimum absolute atomic E-state index is 0.202. The number of hydrogen-bond acceptors (Lipinski definition) is 4. The molecule has 0 radical (unpaired) electrons. The Kier molecular flexibility index (Phi) is 5.53. The van der Waals surface area contributed by atoms with Crippen LogP contribution < -0.4 is 14.8 Å². The molecular formula is C20H18FNO3S. The van der Waals surface area contributed by atoms with Gasteiger partial charge in [0.2, 0.25) is 0 Å². The minimum atomic E-state index is -0.307. The topological polar surface area (TPSA) is 47.6 Å². The molecule has 1 N–H and O–H groups in total. The molecule has 0 aliphatic carbocycles. The zero-order chi connectivity index (χ0) is 18.5. The maximum atomic E-state index is 12.9. The highest BCUT2D eigenvalue weighted by Crippen LogP contribution is 2.27. The normalized spacial score (nSPS) is 10.4. The molecule has 6 heteroatoms. The highest BCUT2D eigenvalue weighted by molar-refractivity contribution is 7.12. The van der Waals surface area contributed by atoms with E-state index in [1.54, 1.807) is 25.3 Å². The minimum Gasteiger partial charge on any atom is -0.495 e. The van der Waals surface area contributed by atoms with E-state index in [1.807, 2.05) is 30.5 Å². The van der Waals surface area contributed by atoms with Gasteiger partial charge in [-0.2, -0.15) is 0 Å². The molecule has 0 aliphatic rings. The van der Waals surface area contributed by atoms with Gasteiger partial charge < -0.3 is 14.8 Å². The average molecular weight is 371 g/mol. The number of halogens is 1. The number of amides is 1. The second-order valence-corrected chi connectivity index (χ2v) is 6.63. The molecular weight excluding hydrogens is 353 g/mol. The molecule has 2 aromatic carbocycles. The van der Waals surface area contributed by atoms with E-state index in [0.717, 1.165) is 11.1 Å². The van der Waals surface area contributed by atoms with E-state index < -0.39 is 0 Å². The fourth-order valence-electron chi connectivity index (χ4n) is 2.37. The van der Waals surface area contributed by atoms with Crippen molar-refractivity contribution in [2.45, 2.75) is 13.5 Å². The van der Waals surface area contributed by atoms with Gasteiger partial charge in [-0.15, -0.1) is 11.3 Å². The van der Waals surface area contributed by atoms with Crippen LogP contribution in [0.15, 0.2) is 53.9 Å². The number of aryl methyl sites for hydroxylation is 1. The van der Waals surface area contributed by atoms with E-state index >= 15 is 0 Å². The molecule has 0 saturated heterocycles. The Morgan fingerprint density at radius 1 is 1.15 bits per heavy atom. The number of anilines is 1. The Morgan fingerprint density at radius 2 is 1.92 bits per heavy atom. The number of thiophene rings is 1. The maximum Gasteiger partial charge on any atom is 0.265 e. The van der Waals surface area contributed by atoms with Crippen molar-refractivity contribution in [3.05, 3.63) is 75.7 Å². The molecule has 0 fully saturated rings. The first-order valence-electron chi connectivity index (χ1n) is 7.97. The summed E-state index contributed by atoms with van der Waals surface area (Å²) in [6.45, 7) is 2.26. The number of ether oxygens (including phenoxy) is 2. The average Bonchev–Trinajstić information content (AvgIpc) is 3.11. The summed E-state index contributed by atoms with van der Waals surface area (Å²) in [5.74, 6) is 0.679. The predicted octanol–water partition coefficient (Wildman–Crippen LogP) is 5.04. The second kappa shape index (κ2) is 8.01. The maximum absolute atomic E-state index is 12.9. The lowest BCUT2D eigenvalue weighted by Gasteiger charge is -2.10. The number of carbonyl (C=O) groups is 1. The molecule has 0 unspecified atom stereocenters. The van der Waals surface area contributed by atoms with Crippen LogP contribution in [0.4, 0.5) is 10.1 Å². The molecule has 0 saturated carbocycles. The lowest BCUT2D eigenvalue weighted by molar-refractivity contribution is 0.103. The predicted molar refractivity (Wildman–Crippen MR) is 101 cm³/mol. The van der Waals surface area contributed by atoms with Gasteiger partial charge in [-0.3, -0.25) is 4.79 Å². The summed E-state index contributed by atoms with van der Waals surface area (Å²) in [6, 6.07) is 13.2. The zero-order valence-corrected chi connectivity index (χ0v) is 15.2. The Bertz CT molecular complexity index is 906. The van der Waals surface area contributed by atoms with Crippen molar-refractivity contribution in [1.82, 2.24) is 0 Å². The summed E-state index contributed by atoms with van der Waals surface area (Å²) >= 11 is 1.34. The van der Waals surface area contributed by atoms with E-state index in [-0.39, 0.29) is 11.7 Å². The number of methoxy groups -OCH3 is 1. The van der Waals surface area contributed by atoms with Crippen molar-refractivity contribution in [3.8, 4) is 11.5 Å². The summed E-state index contributed by atoms with van der Waals surface area (Å²) in [4.78, 5) is 13.1. The highest BCUT2D eigenvalue weighted by Gasteiger charge is 2.13. The van der Waals surface area contributed by atoms with Crippen LogP contribution in [0.3, 0.4) is 0 Å². The van der Waals surface area contributed by atoms with Crippen molar-refractivity contribution < 1.29 is 18.7 Å². The number of rotatable bonds is 6. The fraction of sp³-hybridized carbons (Fsp3) is 0.150. The smallest absolute Gasteiger partial charge is 0.265 e. The van der Waals surface area contributed by atoms with Crippen LogP contribution in [0.5, 0.6) is 11.5 Å². The van der Waals surface area contributed by atoms with Crippen LogP contribution in [-0.4, -0.2) is 13.0 Å². The third-order valence-corrected chi connectivity index (χ3v) is 4.68. The molecule has 0 atom stereocenters. The molecule has 0 aliphatic heterocycles. The molecule has 0 bridgehead atoms. The molecule has 3 aromatic rings. The van der Waals surface area contributed by atoms with Gasteiger partial charge in [-0.05, 0) is 60.3 Å².